The first-order valence-electron chi connectivity index (χ1n) is 26.9. The quantitative estimate of drug-likeness (QED) is 0.0292. The number of hydrogen-bond acceptors (Lipinski definition) is 15. The van der Waals surface area contributed by atoms with Crippen molar-refractivity contribution >= 4 is 47.3 Å². The number of amides is 8. The lowest BCUT2D eigenvalue weighted by molar-refractivity contribution is -0.135. The summed E-state index contributed by atoms with van der Waals surface area (Å²) in [6.07, 6.45) is 9.36. The molecular formula is C56H81N15O8. The highest BCUT2D eigenvalue weighted by molar-refractivity contribution is 5.96. The van der Waals surface area contributed by atoms with Gasteiger partial charge in [-0.05, 0) is 126 Å². The Morgan fingerprint density at radius 1 is 0.456 bits per heavy atom. The van der Waals surface area contributed by atoms with Crippen LogP contribution in [-0.4, -0.2) is 139 Å². The zero-order valence-corrected chi connectivity index (χ0v) is 46.4. The SMILES string of the molecule is CC(C)[C@H](N)C(=O)NCC(=O)N[C@@H](CCCCN(Cc1ccccn1)Cc1ccccn1)C(=O)N[C@@H](C)C(=O)N[C@H](C(=O)N[C@@H](CCCCN(Cc1ccccn1)Cc1ccccn1)C(=O)NCC(=O)N[C@@H](C)C(N)=O)C(C)C. The van der Waals surface area contributed by atoms with Crippen molar-refractivity contribution in [2.45, 2.75) is 142 Å². The summed E-state index contributed by atoms with van der Waals surface area (Å²) in [6, 6.07) is 16.3. The molecule has 4 heterocycles. The number of carbonyl (C=O) groups is 8. The molecule has 6 atom stereocenters. The predicted octanol–water partition coefficient (Wildman–Crippen LogP) is 1.13. The second-order valence-electron chi connectivity index (χ2n) is 20.2. The maximum Gasteiger partial charge on any atom is 0.243 e. The molecule has 4 rings (SSSR count). The molecule has 0 bridgehead atoms. The van der Waals surface area contributed by atoms with Gasteiger partial charge in [-0.25, -0.2) is 0 Å². The molecule has 0 radical (unpaired) electrons. The molecule has 0 saturated heterocycles. The van der Waals surface area contributed by atoms with Gasteiger partial charge in [-0.2, -0.15) is 0 Å². The minimum Gasteiger partial charge on any atom is -0.368 e. The highest BCUT2D eigenvalue weighted by atomic mass is 16.2. The molecule has 0 unspecified atom stereocenters. The van der Waals surface area contributed by atoms with Crippen LogP contribution in [0.15, 0.2) is 97.6 Å². The summed E-state index contributed by atoms with van der Waals surface area (Å²) >= 11 is 0. The van der Waals surface area contributed by atoms with Crippen molar-refractivity contribution in [3.63, 3.8) is 0 Å². The van der Waals surface area contributed by atoms with Gasteiger partial charge in [-0.1, -0.05) is 52.0 Å². The van der Waals surface area contributed by atoms with Gasteiger partial charge in [-0.3, -0.25) is 68.1 Å². The minimum absolute atomic E-state index is 0.150. The number of rotatable bonds is 35. The molecular weight excluding hydrogens is 1010 g/mol. The monoisotopic (exact) mass is 1090 g/mol. The summed E-state index contributed by atoms with van der Waals surface area (Å²) in [6.45, 7) is 12.2. The molecule has 0 aliphatic heterocycles. The smallest absolute Gasteiger partial charge is 0.243 e. The molecule has 23 nitrogen and oxygen atoms in total. The van der Waals surface area contributed by atoms with Crippen LogP contribution in [0.5, 0.6) is 0 Å². The minimum atomic E-state index is -1.21. The molecule has 8 amide bonds. The number of hydrogen-bond donors (Lipinski definition) is 9. The number of pyridine rings is 4. The largest absolute Gasteiger partial charge is 0.368 e. The van der Waals surface area contributed by atoms with Gasteiger partial charge in [0.1, 0.15) is 30.2 Å². The standard InChI is InChI=1S/C56H81N15O8/c1-37(2)49(57)55(78)64-32-48(73)67-46(24-12-18-30-71(35-43-21-9-15-27-61-43)36-44-22-10-16-28-62-44)54(77)66-40(6)52(75)69-50(38(3)4)56(79)68-45(53(76)63-31-47(72)65-39(5)51(58)74)23-11-17-29-70(33-41-19-7-13-25-59-41)34-42-20-8-14-26-60-42/h7-10,13-16,19-22,25-28,37-40,45-46,49-50H,11-12,17-18,23-24,29-36,57H2,1-6H3,(H2,58,74)(H,63,76)(H,64,78)(H,65,72)(H,66,77)(H,67,73)(H,68,79)(H,69,75)/t39-,40-,45-,46-,49-,50-/m0/s1. The van der Waals surface area contributed by atoms with E-state index in [2.05, 4.69) is 67.0 Å². The molecule has 0 saturated carbocycles. The van der Waals surface area contributed by atoms with Crippen molar-refractivity contribution in [2.75, 3.05) is 26.2 Å². The number of carbonyl (C=O) groups excluding carboxylic acids is 8. The lowest BCUT2D eigenvalue weighted by Gasteiger charge is -2.27. The van der Waals surface area contributed by atoms with Crippen molar-refractivity contribution in [3.05, 3.63) is 120 Å². The summed E-state index contributed by atoms with van der Waals surface area (Å²) in [5.41, 5.74) is 14.7. The first-order valence-corrected chi connectivity index (χ1v) is 26.9. The van der Waals surface area contributed by atoms with Crippen LogP contribution in [0.4, 0.5) is 0 Å². The van der Waals surface area contributed by atoms with Crippen molar-refractivity contribution in [1.82, 2.24) is 67.0 Å². The zero-order chi connectivity index (χ0) is 57.7. The molecule has 23 heteroatoms. The molecule has 0 aromatic carbocycles. The van der Waals surface area contributed by atoms with Crippen LogP contribution in [0.25, 0.3) is 0 Å². The van der Waals surface area contributed by atoms with E-state index in [1.54, 1.807) is 52.5 Å². The number of aromatic nitrogens is 4. The first kappa shape index (κ1) is 63.8. The van der Waals surface area contributed by atoms with Crippen LogP contribution in [0.3, 0.4) is 0 Å². The highest BCUT2D eigenvalue weighted by Crippen LogP contribution is 2.14. The number of unbranched alkanes of at least 4 members (excludes halogenated alkanes) is 2. The van der Waals surface area contributed by atoms with E-state index in [1.807, 2.05) is 72.8 Å². The second kappa shape index (κ2) is 34.2. The Kier molecular flexibility index (Phi) is 27.6. The summed E-state index contributed by atoms with van der Waals surface area (Å²) < 4.78 is 0. The Bertz CT molecular complexity index is 2450. The van der Waals surface area contributed by atoms with Crippen molar-refractivity contribution in [2.24, 2.45) is 23.3 Å². The van der Waals surface area contributed by atoms with Crippen LogP contribution in [0, 0.1) is 11.8 Å². The molecule has 0 aliphatic rings. The van der Waals surface area contributed by atoms with Gasteiger partial charge in [0, 0.05) is 51.0 Å². The maximum absolute atomic E-state index is 14.2. The van der Waals surface area contributed by atoms with E-state index in [9.17, 15) is 38.4 Å². The Morgan fingerprint density at radius 2 is 0.873 bits per heavy atom. The van der Waals surface area contributed by atoms with E-state index in [0.717, 1.165) is 22.8 Å². The number of primary amides is 1. The second-order valence-corrected chi connectivity index (χ2v) is 20.2. The molecule has 428 valence electrons. The Labute approximate surface area is 463 Å². The van der Waals surface area contributed by atoms with Crippen molar-refractivity contribution < 1.29 is 38.4 Å². The van der Waals surface area contributed by atoms with Crippen LogP contribution in [0.1, 0.15) is 103 Å². The van der Waals surface area contributed by atoms with Crippen LogP contribution < -0.4 is 48.7 Å². The van der Waals surface area contributed by atoms with E-state index in [0.29, 0.717) is 65.0 Å². The van der Waals surface area contributed by atoms with Gasteiger partial charge in [-0.15, -0.1) is 0 Å². The summed E-state index contributed by atoms with van der Waals surface area (Å²) in [5.74, 6) is -6.05. The molecule has 0 spiro atoms. The van der Waals surface area contributed by atoms with Crippen LogP contribution in [0.2, 0.25) is 0 Å². The van der Waals surface area contributed by atoms with E-state index < -0.39 is 103 Å². The number of nitrogens with two attached hydrogens (primary N) is 2. The van der Waals surface area contributed by atoms with E-state index >= 15 is 0 Å². The van der Waals surface area contributed by atoms with Gasteiger partial charge < -0.3 is 48.7 Å². The summed E-state index contributed by atoms with van der Waals surface area (Å²) in [4.78, 5) is 128. The van der Waals surface area contributed by atoms with Gasteiger partial charge in [0.15, 0.2) is 0 Å². The molecule has 79 heavy (non-hydrogen) atoms. The highest BCUT2D eigenvalue weighted by Gasteiger charge is 2.32. The summed E-state index contributed by atoms with van der Waals surface area (Å²) in [7, 11) is 0. The van der Waals surface area contributed by atoms with Gasteiger partial charge in [0.25, 0.3) is 0 Å². The molecule has 4 aromatic heterocycles. The fraction of sp³-hybridized carbons (Fsp3) is 0.500. The number of nitrogens with one attached hydrogen (secondary N) is 7. The molecule has 0 fully saturated rings. The zero-order valence-electron chi connectivity index (χ0n) is 46.4. The lowest BCUT2D eigenvalue weighted by atomic mass is 10.0. The van der Waals surface area contributed by atoms with Gasteiger partial charge >= 0.3 is 0 Å². The van der Waals surface area contributed by atoms with Crippen molar-refractivity contribution in [3.8, 4) is 0 Å². The Morgan fingerprint density at radius 3 is 1.27 bits per heavy atom. The first-order chi connectivity index (χ1) is 37.8. The average Bonchev–Trinajstić information content (AvgIpc) is 3.42. The Balaban J connectivity index is 1.44. The molecule has 11 N–H and O–H groups in total. The van der Waals surface area contributed by atoms with E-state index in [-0.39, 0.29) is 18.8 Å². The van der Waals surface area contributed by atoms with E-state index in [4.69, 9.17) is 11.5 Å². The fourth-order valence-corrected chi connectivity index (χ4v) is 8.16. The van der Waals surface area contributed by atoms with Gasteiger partial charge in [0.2, 0.25) is 47.3 Å². The third kappa shape index (κ3) is 24.2. The average molecular weight is 1090 g/mol. The van der Waals surface area contributed by atoms with Crippen molar-refractivity contribution in [1.29, 1.82) is 0 Å². The summed E-state index contributed by atoms with van der Waals surface area (Å²) in [5, 5.41) is 18.4. The van der Waals surface area contributed by atoms with E-state index in [1.165, 1.54) is 13.8 Å². The van der Waals surface area contributed by atoms with Gasteiger partial charge in [0.05, 0.1) is 41.9 Å². The maximum atomic E-state index is 14.2. The third-order valence-electron chi connectivity index (χ3n) is 12.8. The predicted molar refractivity (Wildman–Crippen MR) is 297 cm³/mol. The van der Waals surface area contributed by atoms with Crippen LogP contribution >= 0.6 is 0 Å². The topological polar surface area (TPSA) is 331 Å². The van der Waals surface area contributed by atoms with Crippen LogP contribution in [-0.2, 0) is 64.5 Å². The number of nitrogens with zero attached hydrogens (tertiary/aromatic N) is 6. The normalized spacial score (nSPS) is 13.6. The third-order valence-corrected chi connectivity index (χ3v) is 12.8. The lowest BCUT2D eigenvalue weighted by Crippen LogP contribution is -2.59. The molecule has 4 aromatic rings. The fourth-order valence-electron chi connectivity index (χ4n) is 8.16. The molecule has 0 aliphatic carbocycles. The Hall–Kier alpha value is -7.76.